The summed E-state index contributed by atoms with van der Waals surface area (Å²) in [5.41, 5.74) is 0. The Hall–Kier alpha value is -0.120. The molecular formula is C14H28N2O. The molecule has 1 N–H and O–H groups in total. The van der Waals surface area contributed by atoms with E-state index in [1.54, 1.807) is 0 Å². The molecule has 2 rings (SSSR count). The van der Waals surface area contributed by atoms with Crippen LogP contribution in [0.1, 0.15) is 39.5 Å². The lowest BCUT2D eigenvalue weighted by Gasteiger charge is -2.39. The van der Waals surface area contributed by atoms with Crippen molar-refractivity contribution in [2.24, 2.45) is 5.92 Å². The summed E-state index contributed by atoms with van der Waals surface area (Å²) in [5.74, 6) is 1.02. The normalized spacial score (nSPS) is 28.6. The second kappa shape index (κ2) is 6.17. The Morgan fingerprint density at radius 3 is 2.71 bits per heavy atom. The molecule has 1 heterocycles. The van der Waals surface area contributed by atoms with Crippen LogP contribution in [0.15, 0.2) is 0 Å². The molecule has 0 spiro atoms. The molecule has 0 bridgehead atoms. The molecule has 0 amide bonds. The first-order valence-corrected chi connectivity index (χ1v) is 7.23. The first-order chi connectivity index (χ1) is 8.20. The van der Waals surface area contributed by atoms with Crippen molar-refractivity contribution in [2.45, 2.75) is 57.7 Å². The van der Waals surface area contributed by atoms with E-state index in [0.717, 1.165) is 25.6 Å². The van der Waals surface area contributed by atoms with E-state index in [2.05, 4.69) is 31.1 Å². The summed E-state index contributed by atoms with van der Waals surface area (Å²) in [5, 5.41) is 3.46. The Balaban J connectivity index is 1.79. The minimum Gasteiger partial charge on any atom is -0.374 e. The molecule has 1 aliphatic carbocycles. The van der Waals surface area contributed by atoms with Crippen LogP contribution in [0.5, 0.6) is 0 Å². The van der Waals surface area contributed by atoms with Gasteiger partial charge >= 0.3 is 0 Å². The Kier molecular flexibility index (Phi) is 4.83. The lowest BCUT2D eigenvalue weighted by molar-refractivity contribution is -0.0558. The van der Waals surface area contributed by atoms with Gasteiger partial charge in [0.15, 0.2) is 0 Å². The molecule has 0 aromatic heterocycles. The van der Waals surface area contributed by atoms with Crippen molar-refractivity contribution >= 4 is 0 Å². The van der Waals surface area contributed by atoms with Gasteiger partial charge in [0, 0.05) is 25.2 Å². The second-order valence-electron chi connectivity index (χ2n) is 5.91. The molecule has 17 heavy (non-hydrogen) atoms. The number of morpholine rings is 1. The van der Waals surface area contributed by atoms with Crippen LogP contribution >= 0.6 is 0 Å². The molecule has 2 unspecified atom stereocenters. The summed E-state index contributed by atoms with van der Waals surface area (Å²) in [7, 11) is 2.08. The van der Waals surface area contributed by atoms with Crippen molar-refractivity contribution in [1.29, 1.82) is 0 Å². The highest BCUT2D eigenvalue weighted by molar-refractivity contribution is 4.85. The van der Waals surface area contributed by atoms with Crippen molar-refractivity contribution < 1.29 is 4.74 Å². The number of hydrogen-bond donors (Lipinski definition) is 1. The molecule has 1 aliphatic heterocycles. The Labute approximate surface area is 106 Å². The zero-order valence-corrected chi connectivity index (χ0v) is 11.6. The SMILES string of the molecule is CNC(CCC1CC1)C1CN(C(C)C)CCO1. The topological polar surface area (TPSA) is 24.5 Å². The van der Waals surface area contributed by atoms with Gasteiger partial charge < -0.3 is 10.1 Å². The van der Waals surface area contributed by atoms with Gasteiger partial charge in [-0.2, -0.15) is 0 Å². The Morgan fingerprint density at radius 1 is 1.35 bits per heavy atom. The van der Waals surface area contributed by atoms with Gasteiger partial charge in [-0.05, 0) is 39.7 Å². The predicted octanol–water partition coefficient (Wildman–Crippen LogP) is 1.87. The predicted molar refractivity (Wildman–Crippen MR) is 71.3 cm³/mol. The molecule has 2 aliphatic rings. The minimum absolute atomic E-state index is 0.384. The molecular weight excluding hydrogens is 212 g/mol. The molecule has 0 radical (unpaired) electrons. The number of hydrogen-bond acceptors (Lipinski definition) is 3. The standard InChI is InChI=1S/C14H28N2O/c1-11(2)16-8-9-17-14(10-16)13(15-3)7-6-12-4-5-12/h11-15H,4-10H2,1-3H3. The Bertz CT molecular complexity index is 228. The molecule has 2 atom stereocenters. The van der Waals surface area contributed by atoms with Crippen LogP contribution in [0, 0.1) is 5.92 Å². The number of rotatable bonds is 6. The number of ether oxygens (including phenoxy) is 1. The first kappa shape index (κ1) is 13.3. The van der Waals surface area contributed by atoms with Crippen LogP contribution < -0.4 is 5.32 Å². The van der Waals surface area contributed by atoms with Crippen molar-refractivity contribution in [2.75, 3.05) is 26.7 Å². The van der Waals surface area contributed by atoms with E-state index in [1.165, 1.54) is 25.7 Å². The van der Waals surface area contributed by atoms with Gasteiger partial charge in [-0.3, -0.25) is 4.90 Å². The molecule has 0 aromatic rings. The third-order valence-electron chi connectivity index (χ3n) is 4.26. The molecule has 0 aromatic carbocycles. The van der Waals surface area contributed by atoms with E-state index in [9.17, 15) is 0 Å². The maximum absolute atomic E-state index is 5.96. The largest absolute Gasteiger partial charge is 0.374 e. The zero-order valence-electron chi connectivity index (χ0n) is 11.6. The van der Waals surface area contributed by atoms with Crippen molar-refractivity contribution in [3.63, 3.8) is 0 Å². The van der Waals surface area contributed by atoms with Gasteiger partial charge in [0.2, 0.25) is 0 Å². The highest BCUT2D eigenvalue weighted by Crippen LogP contribution is 2.34. The van der Waals surface area contributed by atoms with Gasteiger partial charge in [-0.1, -0.05) is 12.8 Å². The fraction of sp³-hybridized carbons (Fsp3) is 1.00. The summed E-state index contributed by atoms with van der Waals surface area (Å²) in [6.07, 6.45) is 5.96. The van der Waals surface area contributed by atoms with Gasteiger partial charge in [0.25, 0.3) is 0 Å². The van der Waals surface area contributed by atoms with Crippen LogP contribution in [0.25, 0.3) is 0 Å². The molecule has 3 heteroatoms. The van der Waals surface area contributed by atoms with Crippen molar-refractivity contribution in [3.8, 4) is 0 Å². The summed E-state index contributed by atoms with van der Waals surface area (Å²) in [4.78, 5) is 2.54. The number of likely N-dealkylation sites (N-methyl/N-ethyl adjacent to an activating group) is 1. The maximum atomic E-state index is 5.96. The van der Waals surface area contributed by atoms with E-state index in [-0.39, 0.29) is 0 Å². The van der Waals surface area contributed by atoms with E-state index < -0.39 is 0 Å². The van der Waals surface area contributed by atoms with Crippen molar-refractivity contribution in [3.05, 3.63) is 0 Å². The maximum Gasteiger partial charge on any atom is 0.0855 e. The fourth-order valence-corrected chi connectivity index (χ4v) is 2.75. The van der Waals surface area contributed by atoms with E-state index >= 15 is 0 Å². The quantitative estimate of drug-likeness (QED) is 0.767. The fourth-order valence-electron chi connectivity index (χ4n) is 2.75. The molecule has 100 valence electrons. The monoisotopic (exact) mass is 240 g/mol. The summed E-state index contributed by atoms with van der Waals surface area (Å²) in [6.45, 7) is 7.63. The zero-order chi connectivity index (χ0) is 12.3. The summed E-state index contributed by atoms with van der Waals surface area (Å²) in [6, 6.07) is 1.18. The highest BCUT2D eigenvalue weighted by Gasteiger charge is 2.30. The van der Waals surface area contributed by atoms with Gasteiger partial charge in [0.05, 0.1) is 12.7 Å². The highest BCUT2D eigenvalue weighted by atomic mass is 16.5. The van der Waals surface area contributed by atoms with E-state index in [4.69, 9.17) is 4.74 Å². The third kappa shape index (κ3) is 3.94. The van der Waals surface area contributed by atoms with E-state index in [0.29, 0.717) is 18.2 Å². The summed E-state index contributed by atoms with van der Waals surface area (Å²) >= 11 is 0. The van der Waals surface area contributed by atoms with Crippen LogP contribution in [0.3, 0.4) is 0 Å². The van der Waals surface area contributed by atoms with Crippen LogP contribution in [-0.4, -0.2) is 49.8 Å². The average Bonchev–Trinajstić information content (AvgIpc) is 3.14. The van der Waals surface area contributed by atoms with Gasteiger partial charge in [-0.25, -0.2) is 0 Å². The molecule has 1 saturated heterocycles. The first-order valence-electron chi connectivity index (χ1n) is 7.23. The Morgan fingerprint density at radius 2 is 2.12 bits per heavy atom. The van der Waals surface area contributed by atoms with E-state index in [1.807, 2.05) is 0 Å². The van der Waals surface area contributed by atoms with Gasteiger partial charge in [-0.15, -0.1) is 0 Å². The average molecular weight is 240 g/mol. The molecule has 2 fully saturated rings. The second-order valence-corrected chi connectivity index (χ2v) is 5.91. The van der Waals surface area contributed by atoms with Crippen LogP contribution in [-0.2, 0) is 4.74 Å². The van der Waals surface area contributed by atoms with Crippen LogP contribution in [0.4, 0.5) is 0 Å². The lowest BCUT2D eigenvalue weighted by Crippen LogP contribution is -2.53. The molecule has 3 nitrogen and oxygen atoms in total. The smallest absolute Gasteiger partial charge is 0.0855 e. The summed E-state index contributed by atoms with van der Waals surface area (Å²) < 4.78 is 5.96. The van der Waals surface area contributed by atoms with Crippen LogP contribution in [0.2, 0.25) is 0 Å². The minimum atomic E-state index is 0.384. The van der Waals surface area contributed by atoms with Crippen molar-refractivity contribution in [1.82, 2.24) is 10.2 Å². The number of nitrogens with zero attached hydrogens (tertiary/aromatic N) is 1. The number of nitrogens with one attached hydrogen (secondary N) is 1. The molecule has 1 saturated carbocycles. The third-order valence-corrected chi connectivity index (χ3v) is 4.26. The van der Waals surface area contributed by atoms with Gasteiger partial charge in [0.1, 0.15) is 0 Å². The lowest BCUT2D eigenvalue weighted by atomic mass is 10.0.